The third-order valence-corrected chi connectivity index (χ3v) is 2.02. The minimum atomic E-state index is 0.596. The Morgan fingerprint density at radius 1 is 1.42 bits per heavy atom. The topological polar surface area (TPSA) is 24.9 Å². The summed E-state index contributed by atoms with van der Waals surface area (Å²) < 4.78 is 0. The molecule has 0 aliphatic heterocycles. The van der Waals surface area contributed by atoms with Gasteiger partial charge in [-0.2, -0.15) is 0 Å². The summed E-state index contributed by atoms with van der Waals surface area (Å²) >= 11 is 0. The van der Waals surface area contributed by atoms with Crippen LogP contribution in [0.15, 0.2) is 24.5 Å². The van der Waals surface area contributed by atoms with Crippen molar-refractivity contribution in [1.82, 2.24) is 10.3 Å². The quantitative estimate of drug-likeness (QED) is 0.736. The van der Waals surface area contributed by atoms with Crippen LogP contribution in [0.3, 0.4) is 0 Å². The SMILES string of the molecule is CC[C@@H](C)NCc1ccncc1. The first kappa shape index (κ1) is 9.20. The van der Waals surface area contributed by atoms with Crippen molar-refractivity contribution in [2.75, 3.05) is 0 Å². The van der Waals surface area contributed by atoms with E-state index in [1.807, 2.05) is 24.5 Å². The lowest BCUT2D eigenvalue weighted by atomic mass is 10.2. The maximum atomic E-state index is 3.96. The van der Waals surface area contributed by atoms with Crippen molar-refractivity contribution in [3.63, 3.8) is 0 Å². The van der Waals surface area contributed by atoms with Crippen molar-refractivity contribution >= 4 is 0 Å². The maximum Gasteiger partial charge on any atom is 0.0271 e. The van der Waals surface area contributed by atoms with E-state index in [9.17, 15) is 0 Å². The van der Waals surface area contributed by atoms with Crippen molar-refractivity contribution in [3.8, 4) is 0 Å². The molecule has 1 aromatic rings. The van der Waals surface area contributed by atoms with Gasteiger partial charge in [-0.05, 0) is 31.0 Å². The van der Waals surface area contributed by atoms with Crippen LogP contribution in [0.4, 0.5) is 0 Å². The minimum Gasteiger partial charge on any atom is -0.310 e. The van der Waals surface area contributed by atoms with Gasteiger partial charge in [0.25, 0.3) is 0 Å². The Bertz CT molecular complexity index is 208. The summed E-state index contributed by atoms with van der Waals surface area (Å²) in [5.41, 5.74) is 1.30. The van der Waals surface area contributed by atoms with Crippen molar-refractivity contribution in [3.05, 3.63) is 30.1 Å². The molecule has 0 amide bonds. The minimum absolute atomic E-state index is 0.596. The number of hydrogen-bond donors (Lipinski definition) is 1. The second kappa shape index (κ2) is 4.88. The molecule has 1 atom stereocenters. The molecule has 2 nitrogen and oxygen atoms in total. The Morgan fingerprint density at radius 3 is 2.67 bits per heavy atom. The number of pyridine rings is 1. The van der Waals surface area contributed by atoms with Gasteiger partial charge in [0.05, 0.1) is 0 Å². The summed E-state index contributed by atoms with van der Waals surface area (Å²) in [5, 5.41) is 3.42. The van der Waals surface area contributed by atoms with Crippen LogP contribution in [0.2, 0.25) is 0 Å². The molecule has 0 unspecified atom stereocenters. The van der Waals surface area contributed by atoms with E-state index in [1.54, 1.807) is 0 Å². The zero-order valence-corrected chi connectivity index (χ0v) is 7.75. The molecule has 2 heteroatoms. The summed E-state index contributed by atoms with van der Waals surface area (Å²) in [5.74, 6) is 0. The molecule has 0 aromatic carbocycles. The Kier molecular flexibility index (Phi) is 3.74. The van der Waals surface area contributed by atoms with E-state index < -0.39 is 0 Å². The lowest BCUT2D eigenvalue weighted by Crippen LogP contribution is -2.24. The predicted octanol–water partition coefficient (Wildman–Crippen LogP) is 1.97. The van der Waals surface area contributed by atoms with E-state index in [-0.39, 0.29) is 0 Å². The first-order chi connectivity index (χ1) is 5.83. The molecular weight excluding hydrogens is 148 g/mol. The lowest BCUT2D eigenvalue weighted by molar-refractivity contribution is 0.534. The van der Waals surface area contributed by atoms with Crippen LogP contribution in [-0.4, -0.2) is 11.0 Å². The number of nitrogens with one attached hydrogen (secondary N) is 1. The molecule has 1 rings (SSSR count). The van der Waals surface area contributed by atoms with Gasteiger partial charge in [-0.15, -0.1) is 0 Å². The molecule has 1 aromatic heterocycles. The summed E-state index contributed by atoms with van der Waals surface area (Å²) in [6, 6.07) is 4.67. The highest BCUT2D eigenvalue weighted by Crippen LogP contribution is 1.97. The highest BCUT2D eigenvalue weighted by atomic mass is 14.9. The van der Waals surface area contributed by atoms with Crippen LogP contribution in [0, 0.1) is 0 Å². The standard InChI is InChI=1S/C10H16N2/c1-3-9(2)12-8-10-4-6-11-7-5-10/h4-7,9,12H,3,8H2,1-2H3/t9-/m1/s1. The molecule has 0 spiro atoms. The van der Waals surface area contributed by atoms with Gasteiger partial charge in [-0.25, -0.2) is 0 Å². The van der Waals surface area contributed by atoms with E-state index in [4.69, 9.17) is 0 Å². The zero-order chi connectivity index (χ0) is 8.81. The molecule has 1 N–H and O–H groups in total. The number of rotatable bonds is 4. The Balaban J connectivity index is 2.33. The molecule has 0 aliphatic carbocycles. The van der Waals surface area contributed by atoms with Crippen LogP contribution in [0.1, 0.15) is 25.8 Å². The summed E-state index contributed by atoms with van der Waals surface area (Å²) in [6.45, 7) is 5.32. The fraction of sp³-hybridized carbons (Fsp3) is 0.500. The molecule has 0 saturated carbocycles. The van der Waals surface area contributed by atoms with Gasteiger partial charge in [0.1, 0.15) is 0 Å². The van der Waals surface area contributed by atoms with E-state index >= 15 is 0 Å². The number of hydrogen-bond acceptors (Lipinski definition) is 2. The maximum absolute atomic E-state index is 3.96. The van der Waals surface area contributed by atoms with Crippen molar-refractivity contribution < 1.29 is 0 Å². The molecule has 0 aliphatic rings. The van der Waals surface area contributed by atoms with Crippen LogP contribution in [0.25, 0.3) is 0 Å². The van der Waals surface area contributed by atoms with Crippen LogP contribution in [-0.2, 0) is 6.54 Å². The highest BCUT2D eigenvalue weighted by molar-refractivity contribution is 5.09. The first-order valence-electron chi connectivity index (χ1n) is 4.45. The van der Waals surface area contributed by atoms with Crippen molar-refractivity contribution in [2.45, 2.75) is 32.9 Å². The molecule has 1 heterocycles. The molecule has 66 valence electrons. The molecule has 0 radical (unpaired) electrons. The predicted molar refractivity (Wildman–Crippen MR) is 50.8 cm³/mol. The number of nitrogens with zero attached hydrogens (tertiary/aromatic N) is 1. The van der Waals surface area contributed by atoms with E-state index in [0.29, 0.717) is 6.04 Å². The van der Waals surface area contributed by atoms with Crippen LogP contribution < -0.4 is 5.32 Å². The molecule has 0 saturated heterocycles. The van der Waals surface area contributed by atoms with Gasteiger partial charge in [0.15, 0.2) is 0 Å². The third-order valence-electron chi connectivity index (χ3n) is 2.02. The second-order valence-electron chi connectivity index (χ2n) is 3.05. The fourth-order valence-corrected chi connectivity index (χ4v) is 0.937. The first-order valence-corrected chi connectivity index (χ1v) is 4.45. The van der Waals surface area contributed by atoms with Gasteiger partial charge >= 0.3 is 0 Å². The largest absolute Gasteiger partial charge is 0.310 e. The van der Waals surface area contributed by atoms with E-state index in [1.165, 1.54) is 12.0 Å². The van der Waals surface area contributed by atoms with Crippen molar-refractivity contribution in [2.24, 2.45) is 0 Å². The molecular formula is C10H16N2. The Morgan fingerprint density at radius 2 is 2.08 bits per heavy atom. The molecule has 12 heavy (non-hydrogen) atoms. The van der Waals surface area contributed by atoms with Crippen LogP contribution >= 0.6 is 0 Å². The average molecular weight is 164 g/mol. The van der Waals surface area contributed by atoms with Gasteiger partial charge < -0.3 is 5.32 Å². The number of aromatic nitrogens is 1. The summed E-state index contributed by atoms with van der Waals surface area (Å²) in [6.07, 6.45) is 4.83. The lowest BCUT2D eigenvalue weighted by Gasteiger charge is -2.10. The fourth-order valence-electron chi connectivity index (χ4n) is 0.937. The highest BCUT2D eigenvalue weighted by Gasteiger charge is 1.96. The Labute approximate surface area is 74.0 Å². The summed E-state index contributed by atoms with van der Waals surface area (Å²) in [7, 11) is 0. The smallest absolute Gasteiger partial charge is 0.0271 e. The second-order valence-corrected chi connectivity index (χ2v) is 3.05. The molecule has 0 bridgehead atoms. The third kappa shape index (κ3) is 3.01. The van der Waals surface area contributed by atoms with Crippen LogP contribution in [0.5, 0.6) is 0 Å². The summed E-state index contributed by atoms with van der Waals surface area (Å²) in [4.78, 5) is 3.96. The zero-order valence-electron chi connectivity index (χ0n) is 7.75. The normalized spacial score (nSPS) is 12.8. The van der Waals surface area contributed by atoms with Gasteiger partial charge in [0.2, 0.25) is 0 Å². The van der Waals surface area contributed by atoms with Gasteiger partial charge in [-0.1, -0.05) is 6.92 Å². The molecule has 0 fully saturated rings. The Hall–Kier alpha value is -0.890. The van der Waals surface area contributed by atoms with E-state index in [2.05, 4.69) is 24.1 Å². The van der Waals surface area contributed by atoms with Gasteiger partial charge in [-0.3, -0.25) is 4.98 Å². The van der Waals surface area contributed by atoms with Crippen molar-refractivity contribution in [1.29, 1.82) is 0 Å². The van der Waals surface area contributed by atoms with Gasteiger partial charge in [0, 0.05) is 25.0 Å². The van der Waals surface area contributed by atoms with E-state index in [0.717, 1.165) is 6.54 Å². The average Bonchev–Trinajstić information content (AvgIpc) is 2.16. The monoisotopic (exact) mass is 164 g/mol.